The van der Waals surface area contributed by atoms with E-state index >= 15 is 0 Å². The molecule has 29 heavy (non-hydrogen) atoms. The van der Waals surface area contributed by atoms with E-state index in [4.69, 9.17) is 11.6 Å². The molecule has 146 valence electrons. The largest absolute Gasteiger partial charge is 0.350 e. The summed E-state index contributed by atoms with van der Waals surface area (Å²) in [6, 6.07) is 11.2. The second-order valence-corrected chi connectivity index (χ2v) is 8.70. The second-order valence-electron chi connectivity index (χ2n) is 6.31. The fraction of sp³-hybridized carbons (Fsp3) is 0.0500. The third-order valence-electron chi connectivity index (χ3n) is 4.34. The molecule has 7 nitrogen and oxygen atoms in total. The van der Waals surface area contributed by atoms with Crippen LogP contribution in [0, 0.1) is 0 Å². The molecule has 0 atom stereocenters. The monoisotopic (exact) mass is 426 g/mol. The van der Waals surface area contributed by atoms with Crippen molar-refractivity contribution in [3.05, 3.63) is 83.5 Å². The fourth-order valence-electron chi connectivity index (χ4n) is 2.83. The first kappa shape index (κ1) is 19.1. The fourth-order valence-corrected chi connectivity index (χ4v) is 4.32. The van der Waals surface area contributed by atoms with Crippen LogP contribution in [-0.2, 0) is 16.4 Å². The Morgan fingerprint density at radius 2 is 1.79 bits per heavy atom. The number of amides is 1. The quantitative estimate of drug-likeness (QED) is 0.509. The zero-order chi connectivity index (χ0) is 20.4. The number of rotatable bonds is 5. The van der Waals surface area contributed by atoms with Gasteiger partial charge in [-0.3, -0.25) is 14.8 Å². The van der Waals surface area contributed by atoms with Crippen molar-refractivity contribution in [2.45, 2.75) is 16.3 Å². The van der Waals surface area contributed by atoms with Crippen LogP contribution in [-0.4, -0.2) is 29.3 Å². The number of fused-ring (bicyclic) bond motifs is 1. The van der Waals surface area contributed by atoms with Gasteiger partial charge < -0.3 is 10.3 Å². The predicted molar refractivity (Wildman–Crippen MR) is 108 cm³/mol. The van der Waals surface area contributed by atoms with Gasteiger partial charge in [-0.15, -0.1) is 0 Å². The third kappa shape index (κ3) is 3.98. The van der Waals surface area contributed by atoms with E-state index in [1.807, 2.05) is 0 Å². The van der Waals surface area contributed by atoms with Crippen LogP contribution < -0.4 is 5.32 Å². The minimum Gasteiger partial charge on any atom is -0.350 e. The minimum absolute atomic E-state index is 0.0272. The Hall–Kier alpha value is -3.23. The van der Waals surface area contributed by atoms with Crippen LogP contribution in [0.4, 0.5) is 0 Å². The SMILES string of the molecule is O=C(NCc1ccc(S(=O)(=O)c2cncc(Cl)c2)cc1)c1cc2cnccc2[nH]1. The number of hydrogen-bond acceptors (Lipinski definition) is 5. The number of hydrogen-bond donors (Lipinski definition) is 2. The van der Waals surface area contributed by atoms with Crippen molar-refractivity contribution in [2.24, 2.45) is 0 Å². The Labute approximate surface area is 171 Å². The molecule has 0 radical (unpaired) electrons. The standard InChI is InChI=1S/C20H15ClN4O3S/c21-15-8-17(12-23-11-15)29(27,28)16-3-1-13(2-4-16)9-24-20(26)19-7-14-10-22-6-5-18(14)25-19/h1-8,10-12,25H,9H2,(H,24,26). The Morgan fingerprint density at radius 3 is 2.52 bits per heavy atom. The number of carbonyl (C=O) groups is 1. The first-order valence-electron chi connectivity index (χ1n) is 8.59. The Bertz CT molecular complexity index is 1270. The highest BCUT2D eigenvalue weighted by atomic mass is 35.5. The molecule has 0 bridgehead atoms. The van der Waals surface area contributed by atoms with Crippen LogP contribution in [0.1, 0.15) is 16.1 Å². The summed E-state index contributed by atoms with van der Waals surface area (Å²) in [5, 5.41) is 3.90. The number of H-pyrrole nitrogens is 1. The molecule has 0 aliphatic heterocycles. The second kappa shape index (κ2) is 7.65. The molecule has 3 aromatic heterocycles. The normalized spacial score (nSPS) is 11.5. The number of nitrogens with one attached hydrogen (secondary N) is 2. The average molecular weight is 427 g/mol. The number of sulfone groups is 1. The number of pyridine rings is 2. The minimum atomic E-state index is -3.71. The van der Waals surface area contributed by atoms with Crippen LogP contribution in [0.3, 0.4) is 0 Å². The van der Waals surface area contributed by atoms with E-state index < -0.39 is 9.84 Å². The number of benzene rings is 1. The van der Waals surface area contributed by atoms with Gasteiger partial charge in [-0.25, -0.2) is 8.42 Å². The van der Waals surface area contributed by atoms with Gasteiger partial charge in [0.2, 0.25) is 9.84 Å². The van der Waals surface area contributed by atoms with Crippen LogP contribution in [0.5, 0.6) is 0 Å². The molecular formula is C20H15ClN4O3S. The van der Waals surface area contributed by atoms with Gasteiger partial charge in [-0.1, -0.05) is 23.7 Å². The highest BCUT2D eigenvalue weighted by Crippen LogP contribution is 2.22. The molecule has 1 aromatic carbocycles. The summed E-state index contributed by atoms with van der Waals surface area (Å²) in [7, 11) is -3.71. The number of halogens is 1. The van der Waals surface area contributed by atoms with E-state index in [0.29, 0.717) is 5.69 Å². The molecule has 4 aromatic rings. The lowest BCUT2D eigenvalue weighted by Crippen LogP contribution is -2.23. The maximum atomic E-state index is 12.7. The predicted octanol–water partition coefficient (Wildman–Crippen LogP) is 3.37. The lowest BCUT2D eigenvalue weighted by atomic mass is 10.2. The molecule has 0 saturated carbocycles. The lowest BCUT2D eigenvalue weighted by molar-refractivity contribution is 0.0946. The molecule has 3 heterocycles. The molecule has 0 unspecified atom stereocenters. The molecule has 4 rings (SSSR count). The summed E-state index contributed by atoms with van der Waals surface area (Å²) < 4.78 is 25.3. The first-order valence-corrected chi connectivity index (χ1v) is 10.4. The molecule has 0 fully saturated rings. The van der Waals surface area contributed by atoms with Crippen LogP contribution in [0.25, 0.3) is 10.9 Å². The van der Waals surface area contributed by atoms with Crippen molar-refractivity contribution >= 4 is 38.2 Å². The molecule has 0 spiro atoms. The van der Waals surface area contributed by atoms with Crippen LogP contribution in [0.2, 0.25) is 5.02 Å². The Kier molecular flexibility index (Phi) is 5.04. The number of carbonyl (C=O) groups excluding carboxylic acids is 1. The molecule has 2 N–H and O–H groups in total. The lowest BCUT2D eigenvalue weighted by Gasteiger charge is -2.07. The summed E-state index contributed by atoms with van der Waals surface area (Å²) in [5.41, 5.74) is 2.02. The number of aromatic amines is 1. The molecule has 9 heteroatoms. The highest BCUT2D eigenvalue weighted by molar-refractivity contribution is 7.91. The van der Waals surface area contributed by atoms with E-state index in [9.17, 15) is 13.2 Å². The maximum Gasteiger partial charge on any atom is 0.267 e. The smallest absolute Gasteiger partial charge is 0.267 e. The number of nitrogens with zero attached hydrogens (tertiary/aromatic N) is 2. The van der Waals surface area contributed by atoms with Crippen molar-refractivity contribution in [3.8, 4) is 0 Å². The molecule has 0 aliphatic carbocycles. The van der Waals surface area contributed by atoms with Gasteiger partial charge >= 0.3 is 0 Å². The summed E-state index contributed by atoms with van der Waals surface area (Å²) in [6.07, 6.45) is 5.95. The van der Waals surface area contributed by atoms with E-state index in [1.165, 1.54) is 30.6 Å². The molecular weight excluding hydrogens is 412 g/mol. The zero-order valence-electron chi connectivity index (χ0n) is 15.0. The van der Waals surface area contributed by atoms with Crippen molar-refractivity contribution in [1.82, 2.24) is 20.3 Å². The third-order valence-corrected chi connectivity index (χ3v) is 6.29. The summed E-state index contributed by atoms with van der Waals surface area (Å²) in [5.74, 6) is -0.261. The van der Waals surface area contributed by atoms with Gasteiger partial charge in [0, 0.05) is 42.2 Å². The van der Waals surface area contributed by atoms with Crippen molar-refractivity contribution in [2.75, 3.05) is 0 Å². The Morgan fingerprint density at radius 1 is 1.00 bits per heavy atom. The van der Waals surface area contributed by atoms with Gasteiger partial charge in [0.25, 0.3) is 5.91 Å². The molecule has 0 saturated heterocycles. The van der Waals surface area contributed by atoms with Crippen LogP contribution >= 0.6 is 11.6 Å². The van der Waals surface area contributed by atoms with Gasteiger partial charge in [0.15, 0.2) is 0 Å². The van der Waals surface area contributed by atoms with Crippen molar-refractivity contribution in [3.63, 3.8) is 0 Å². The van der Waals surface area contributed by atoms with Gasteiger partial charge in [-0.05, 0) is 35.9 Å². The molecule has 1 amide bonds. The van der Waals surface area contributed by atoms with E-state index in [0.717, 1.165) is 16.5 Å². The van der Waals surface area contributed by atoms with Gasteiger partial charge in [0.1, 0.15) is 5.69 Å². The van der Waals surface area contributed by atoms with E-state index in [-0.39, 0.29) is 27.3 Å². The van der Waals surface area contributed by atoms with E-state index in [2.05, 4.69) is 20.3 Å². The van der Waals surface area contributed by atoms with Crippen molar-refractivity contribution < 1.29 is 13.2 Å². The topological polar surface area (TPSA) is 105 Å². The van der Waals surface area contributed by atoms with Crippen molar-refractivity contribution in [1.29, 1.82) is 0 Å². The zero-order valence-corrected chi connectivity index (χ0v) is 16.5. The number of aromatic nitrogens is 3. The summed E-state index contributed by atoms with van der Waals surface area (Å²) >= 11 is 5.84. The van der Waals surface area contributed by atoms with E-state index in [1.54, 1.807) is 36.7 Å². The maximum absolute atomic E-state index is 12.7. The first-order chi connectivity index (χ1) is 13.9. The summed E-state index contributed by atoms with van der Waals surface area (Å²) in [4.78, 5) is 23.4. The average Bonchev–Trinajstić information content (AvgIpc) is 3.17. The van der Waals surface area contributed by atoms with Gasteiger partial charge in [-0.2, -0.15) is 0 Å². The van der Waals surface area contributed by atoms with Gasteiger partial charge in [0.05, 0.1) is 14.8 Å². The highest BCUT2D eigenvalue weighted by Gasteiger charge is 2.18. The summed E-state index contributed by atoms with van der Waals surface area (Å²) in [6.45, 7) is 0.255. The molecule has 0 aliphatic rings. The van der Waals surface area contributed by atoms with Crippen LogP contribution in [0.15, 0.2) is 77.0 Å². The Balaban J connectivity index is 1.46.